The van der Waals surface area contributed by atoms with Gasteiger partial charge in [0.2, 0.25) is 0 Å². The molecule has 3 rings (SSSR count). The molecule has 3 aromatic rings. The largest absolute Gasteiger partial charge is 0.484 e. The minimum atomic E-state index is -0.381. The minimum absolute atomic E-state index is 0.189. The van der Waals surface area contributed by atoms with Crippen molar-refractivity contribution in [3.05, 3.63) is 83.8 Å². The molecule has 1 heterocycles. The number of nitrogens with one attached hydrogen (secondary N) is 3. The van der Waals surface area contributed by atoms with E-state index in [1.807, 2.05) is 6.07 Å². The van der Waals surface area contributed by atoms with Gasteiger partial charge in [-0.1, -0.05) is 18.2 Å². The molecular formula is C22H21N3O5. The zero-order valence-corrected chi connectivity index (χ0v) is 16.3. The van der Waals surface area contributed by atoms with E-state index in [1.54, 1.807) is 61.6 Å². The molecule has 8 heteroatoms. The summed E-state index contributed by atoms with van der Waals surface area (Å²) in [6.45, 7) is 0.0803. The predicted molar refractivity (Wildman–Crippen MR) is 110 cm³/mol. The highest BCUT2D eigenvalue weighted by atomic mass is 16.5. The number of rotatable bonds is 8. The van der Waals surface area contributed by atoms with Crippen LogP contribution in [-0.4, -0.2) is 31.4 Å². The average Bonchev–Trinajstić information content (AvgIpc) is 3.31. The van der Waals surface area contributed by atoms with Crippen molar-refractivity contribution in [1.82, 2.24) is 10.6 Å². The number of anilines is 1. The van der Waals surface area contributed by atoms with Crippen molar-refractivity contribution >= 4 is 23.4 Å². The van der Waals surface area contributed by atoms with Crippen molar-refractivity contribution in [2.45, 2.75) is 6.54 Å². The first-order valence-corrected chi connectivity index (χ1v) is 9.20. The van der Waals surface area contributed by atoms with Gasteiger partial charge in [0.15, 0.2) is 12.4 Å². The molecule has 1 aromatic heterocycles. The molecule has 0 saturated heterocycles. The van der Waals surface area contributed by atoms with E-state index < -0.39 is 0 Å². The summed E-state index contributed by atoms with van der Waals surface area (Å²) in [5.74, 6) is -0.255. The Morgan fingerprint density at radius 1 is 0.967 bits per heavy atom. The molecule has 0 radical (unpaired) electrons. The van der Waals surface area contributed by atoms with E-state index in [0.29, 0.717) is 17.0 Å². The molecule has 0 unspecified atom stereocenters. The number of carbonyl (C=O) groups is 3. The van der Waals surface area contributed by atoms with Crippen LogP contribution in [0, 0.1) is 0 Å². The molecule has 0 saturated carbocycles. The topological polar surface area (TPSA) is 110 Å². The fourth-order valence-electron chi connectivity index (χ4n) is 2.63. The summed E-state index contributed by atoms with van der Waals surface area (Å²) < 4.78 is 10.5. The van der Waals surface area contributed by atoms with Gasteiger partial charge in [-0.2, -0.15) is 0 Å². The zero-order chi connectivity index (χ0) is 21.3. The summed E-state index contributed by atoms with van der Waals surface area (Å²) in [5, 5.41) is 7.99. The van der Waals surface area contributed by atoms with Crippen LogP contribution in [0.5, 0.6) is 5.75 Å². The van der Waals surface area contributed by atoms with Crippen molar-refractivity contribution in [2.75, 3.05) is 19.0 Å². The first-order valence-electron chi connectivity index (χ1n) is 9.20. The van der Waals surface area contributed by atoms with Crippen LogP contribution < -0.4 is 20.7 Å². The molecule has 0 fully saturated rings. The number of carbonyl (C=O) groups excluding carboxylic acids is 3. The molecule has 0 aliphatic carbocycles. The second-order valence-electron chi connectivity index (χ2n) is 6.30. The van der Waals surface area contributed by atoms with E-state index >= 15 is 0 Å². The Hall–Kier alpha value is -4.07. The first-order chi connectivity index (χ1) is 14.5. The van der Waals surface area contributed by atoms with Gasteiger partial charge in [0.1, 0.15) is 5.75 Å². The smallest absolute Gasteiger partial charge is 0.291 e. The summed E-state index contributed by atoms with van der Waals surface area (Å²) in [6.07, 6.45) is 1.42. The van der Waals surface area contributed by atoms with Gasteiger partial charge < -0.3 is 25.1 Å². The fourth-order valence-corrected chi connectivity index (χ4v) is 2.63. The summed E-state index contributed by atoms with van der Waals surface area (Å²) in [6, 6.07) is 16.9. The summed E-state index contributed by atoms with van der Waals surface area (Å²) >= 11 is 0. The second kappa shape index (κ2) is 9.92. The standard InChI is InChI=1S/C22H21N3O5/c1-23-21(27)16-6-2-5-15(11-16)13-24-20(26)14-30-18-8-3-7-17(12-18)25-22(28)19-9-4-10-29-19/h2-12H,13-14H2,1H3,(H,23,27)(H,24,26)(H,25,28). The number of hydrogen-bond acceptors (Lipinski definition) is 5. The van der Waals surface area contributed by atoms with Gasteiger partial charge in [-0.15, -0.1) is 0 Å². The van der Waals surface area contributed by atoms with E-state index in [4.69, 9.17) is 9.15 Å². The number of ether oxygens (including phenoxy) is 1. The highest BCUT2D eigenvalue weighted by Crippen LogP contribution is 2.18. The fraction of sp³-hybridized carbons (Fsp3) is 0.136. The summed E-state index contributed by atoms with van der Waals surface area (Å²) in [7, 11) is 1.56. The number of amides is 3. The van der Waals surface area contributed by atoms with E-state index in [-0.39, 0.29) is 36.6 Å². The van der Waals surface area contributed by atoms with E-state index in [1.165, 1.54) is 6.26 Å². The molecule has 0 bridgehead atoms. The van der Waals surface area contributed by atoms with Crippen molar-refractivity contribution in [1.29, 1.82) is 0 Å². The monoisotopic (exact) mass is 407 g/mol. The second-order valence-corrected chi connectivity index (χ2v) is 6.30. The van der Waals surface area contributed by atoms with Gasteiger partial charge in [-0.3, -0.25) is 14.4 Å². The van der Waals surface area contributed by atoms with Gasteiger partial charge in [0, 0.05) is 30.9 Å². The van der Waals surface area contributed by atoms with Crippen LogP contribution in [-0.2, 0) is 11.3 Å². The molecule has 3 amide bonds. The predicted octanol–water partition coefficient (Wildman–Crippen LogP) is 2.59. The Kier molecular flexibility index (Phi) is 6.83. The van der Waals surface area contributed by atoms with Crippen LogP contribution in [0.15, 0.2) is 71.3 Å². The maximum Gasteiger partial charge on any atom is 0.291 e. The van der Waals surface area contributed by atoms with Crippen LogP contribution in [0.4, 0.5) is 5.69 Å². The lowest BCUT2D eigenvalue weighted by Gasteiger charge is -2.10. The number of benzene rings is 2. The Morgan fingerprint density at radius 2 is 1.80 bits per heavy atom. The van der Waals surface area contributed by atoms with Crippen molar-refractivity contribution in [3.63, 3.8) is 0 Å². The lowest BCUT2D eigenvalue weighted by molar-refractivity contribution is -0.123. The van der Waals surface area contributed by atoms with E-state index in [2.05, 4.69) is 16.0 Å². The lowest BCUT2D eigenvalue weighted by atomic mass is 10.1. The Morgan fingerprint density at radius 3 is 2.57 bits per heavy atom. The van der Waals surface area contributed by atoms with E-state index in [0.717, 1.165) is 5.56 Å². The Balaban J connectivity index is 1.49. The molecule has 0 aliphatic heterocycles. The quantitative estimate of drug-likeness (QED) is 0.532. The lowest BCUT2D eigenvalue weighted by Crippen LogP contribution is -2.28. The summed E-state index contributed by atoms with van der Waals surface area (Å²) in [5.41, 5.74) is 1.83. The SMILES string of the molecule is CNC(=O)c1cccc(CNC(=O)COc2cccc(NC(=O)c3ccco3)c2)c1. The summed E-state index contributed by atoms with van der Waals surface area (Å²) in [4.78, 5) is 35.8. The van der Waals surface area contributed by atoms with Crippen LogP contribution >= 0.6 is 0 Å². The molecule has 0 aliphatic rings. The maximum absolute atomic E-state index is 12.1. The van der Waals surface area contributed by atoms with E-state index in [9.17, 15) is 14.4 Å². The molecule has 154 valence electrons. The van der Waals surface area contributed by atoms with Gasteiger partial charge in [0.25, 0.3) is 17.7 Å². The van der Waals surface area contributed by atoms with Gasteiger partial charge >= 0.3 is 0 Å². The minimum Gasteiger partial charge on any atom is -0.484 e. The molecule has 0 spiro atoms. The van der Waals surface area contributed by atoms with Crippen LogP contribution in [0.2, 0.25) is 0 Å². The van der Waals surface area contributed by atoms with Gasteiger partial charge in [0.05, 0.1) is 6.26 Å². The Labute approximate surface area is 173 Å². The highest BCUT2D eigenvalue weighted by Gasteiger charge is 2.10. The number of hydrogen-bond donors (Lipinski definition) is 3. The molecule has 30 heavy (non-hydrogen) atoms. The average molecular weight is 407 g/mol. The third-order valence-corrected chi connectivity index (χ3v) is 4.11. The third kappa shape index (κ3) is 5.71. The Bertz CT molecular complexity index is 1030. The zero-order valence-electron chi connectivity index (χ0n) is 16.3. The van der Waals surface area contributed by atoms with Crippen molar-refractivity contribution in [3.8, 4) is 5.75 Å². The molecule has 3 N–H and O–H groups in total. The third-order valence-electron chi connectivity index (χ3n) is 4.11. The number of furan rings is 1. The van der Waals surface area contributed by atoms with Crippen molar-refractivity contribution in [2.24, 2.45) is 0 Å². The van der Waals surface area contributed by atoms with Crippen molar-refractivity contribution < 1.29 is 23.5 Å². The maximum atomic E-state index is 12.1. The van der Waals surface area contributed by atoms with Crippen LogP contribution in [0.25, 0.3) is 0 Å². The van der Waals surface area contributed by atoms with Gasteiger partial charge in [-0.25, -0.2) is 0 Å². The van der Waals surface area contributed by atoms with Gasteiger partial charge in [-0.05, 0) is 42.0 Å². The molecule has 2 aromatic carbocycles. The highest BCUT2D eigenvalue weighted by molar-refractivity contribution is 6.02. The molecule has 8 nitrogen and oxygen atoms in total. The molecule has 0 atom stereocenters. The normalized spacial score (nSPS) is 10.2. The van der Waals surface area contributed by atoms with Crippen LogP contribution in [0.3, 0.4) is 0 Å². The first kappa shape index (κ1) is 20.7. The molecular weight excluding hydrogens is 386 g/mol. The van der Waals surface area contributed by atoms with Crippen LogP contribution in [0.1, 0.15) is 26.5 Å².